The number of carboxylic acids is 2. The Balaban J connectivity index is 0.00000661. The predicted octanol–water partition coefficient (Wildman–Crippen LogP) is 12.3. The molecule has 3 fully saturated rings. The number of benzene rings is 2. The van der Waals surface area contributed by atoms with Gasteiger partial charge in [-0.1, -0.05) is 94.8 Å². The maximum Gasteiger partial charge on any atom is 0.472 e. The van der Waals surface area contributed by atoms with Crippen LogP contribution < -0.4 is 6.15 Å². The van der Waals surface area contributed by atoms with Crippen molar-refractivity contribution in [3.05, 3.63) is 74.3 Å². The number of hydrogen-bond donors (Lipinski definition) is 6. The summed E-state index contributed by atoms with van der Waals surface area (Å²) >= 11 is 12.4. The second-order valence-corrected chi connectivity index (χ2v) is 20.5. The Hall–Kier alpha value is -2.89. The van der Waals surface area contributed by atoms with Crippen LogP contribution in [0.3, 0.4) is 0 Å². The molecule has 0 radical (unpaired) electrons. The van der Waals surface area contributed by atoms with Crippen LogP contribution >= 0.6 is 31.0 Å². The molecule has 0 aliphatic heterocycles. The highest BCUT2D eigenvalue weighted by Crippen LogP contribution is 2.68. The molecule has 4 aliphatic rings. The molecule has 6 rings (SSSR count). The van der Waals surface area contributed by atoms with Crippen molar-refractivity contribution in [2.24, 2.45) is 46.3 Å². The monoisotopic (exact) mass is 877 g/mol. The van der Waals surface area contributed by atoms with Crippen LogP contribution in [-0.4, -0.2) is 50.0 Å². The number of hydrogen-bond acceptors (Lipinski definition) is 8. The van der Waals surface area contributed by atoms with E-state index in [-0.39, 0.29) is 51.3 Å². The molecule has 11 nitrogen and oxygen atoms in total. The lowest BCUT2D eigenvalue weighted by atomic mass is 9.47. The summed E-state index contributed by atoms with van der Waals surface area (Å²) in [6.07, 6.45) is 15.8. The normalized spacial score (nSPS) is 28.9. The van der Waals surface area contributed by atoms with Crippen LogP contribution in [0.1, 0.15) is 144 Å². The Morgan fingerprint density at radius 1 is 0.898 bits per heavy atom. The zero-order chi connectivity index (χ0) is 42.3. The number of fused-ring (bicyclic) bond motifs is 5. The molecule has 0 aromatic heterocycles. The molecule has 8 N–H and O–H groups in total. The van der Waals surface area contributed by atoms with Crippen LogP contribution in [0.4, 0.5) is 0 Å². The Kier molecular flexibility index (Phi) is 14.9. The van der Waals surface area contributed by atoms with Gasteiger partial charge in [-0.3, -0.25) is 9.05 Å². The molecule has 0 bridgehead atoms. The van der Waals surface area contributed by atoms with E-state index in [4.69, 9.17) is 32.2 Å². The van der Waals surface area contributed by atoms with Gasteiger partial charge in [0.05, 0.1) is 22.8 Å². The van der Waals surface area contributed by atoms with E-state index < -0.39 is 48.5 Å². The molecule has 0 heterocycles. The third-order valence-electron chi connectivity index (χ3n) is 14.5. The summed E-state index contributed by atoms with van der Waals surface area (Å²) in [5.41, 5.74) is 1.36. The third kappa shape index (κ3) is 9.77. The maximum absolute atomic E-state index is 13.3. The lowest BCUT2D eigenvalue weighted by Gasteiger charge is -2.58. The van der Waals surface area contributed by atoms with E-state index in [2.05, 4.69) is 40.7 Å². The van der Waals surface area contributed by atoms with E-state index >= 15 is 0 Å². The average molecular weight is 879 g/mol. The van der Waals surface area contributed by atoms with E-state index in [1.165, 1.54) is 68.7 Å². The standard InChI is InChI=1S/C45H59Cl2O10P.H3N/c1-25(2)8-6-9-26(3)35-13-14-36-32-12-11-29-24-30(15-17-44(29,4)37(32)16-18-45(35,36)5)57-58(54,55)56-19-7-10-31(27-20-33(42(50)51)40(48)38(46)22-27)28-21-34(43(52)53)41(49)39(47)23-28;/h10-11,20-23,25-26,30,32,35-37,48-49H,6-9,12-19,24H2,1-5H3,(H,50,51)(H,52,53)(H,54,55);1H3/t26?,30-,32?,35+,36?,37?,44-,45+;/m0./s1. The van der Waals surface area contributed by atoms with Crippen molar-refractivity contribution in [3.63, 3.8) is 0 Å². The topological polar surface area (TPSA) is 206 Å². The van der Waals surface area contributed by atoms with Crippen molar-refractivity contribution in [2.75, 3.05) is 6.61 Å². The van der Waals surface area contributed by atoms with Gasteiger partial charge in [-0.15, -0.1) is 0 Å². The van der Waals surface area contributed by atoms with Crippen molar-refractivity contribution >= 4 is 48.5 Å². The molecule has 14 heteroatoms. The smallest absolute Gasteiger partial charge is 0.472 e. The quantitative estimate of drug-likeness (QED) is 0.0564. The molecule has 9 atom stereocenters. The molecule has 59 heavy (non-hydrogen) atoms. The number of carbonyl (C=O) groups is 2. The predicted molar refractivity (Wildman–Crippen MR) is 231 cm³/mol. The summed E-state index contributed by atoms with van der Waals surface area (Å²) in [5, 5.41) is 39.3. The van der Waals surface area contributed by atoms with Crippen LogP contribution in [0.15, 0.2) is 42.0 Å². The van der Waals surface area contributed by atoms with E-state index in [1.807, 2.05) is 0 Å². The highest BCUT2D eigenvalue weighted by molar-refractivity contribution is 7.47. The van der Waals surface area contributed by atoms with Gasteiger partial charge in [0.1, 0.15) is 22.6 Å². The summed E-state index contributed by atoms with van der Waals surface area (Å²) in [5.74, 6) is 0.112. The molecular formula is C45H62Cl2NO10P. The second-order valence-electron chi connectivity index (χ2n) is 18.3. The first-order valence-electron chi connectivity index (χ1n) is 20.8. The number of aromatic hydroxyl groups is 2. The minimum atomic E-state index is -4.51. The van der Waals surface area contributed by atoms with Crippen molar-refractivity contribution < 1.29 is 48.5 Å². The lowest BCUT2D eigenvalue weighted by molar-refractivity contribution is -0.0573. The first-order valence-corrected chi connectivity index (χ1v) is 23.1. The average Bonchev–Trinajstić information content (AvgIpc) is 3.51. The molecular weight excluding hydrogens is 816 g/mol. The van der Waals surface area contributed by atoms with Gasteiger partial charge < -0.3 is 31.5 Å². The highest BCUT2D eigenvalue weighted by atomic mass is 35.5. The number of rotatable bonds is 15. The number of allylic oxidation sites excluding steroid dienone is 1. The van der Waals surface area contributed by atoms with Crippen LogP contribution in [0.25, 0.3) is 5.57 Å². The molecule has 2 aromatic rings. The van der Waals surface area contributed by atoms with E-state index in [1.54, 1.807) is 0 Å². The van der Waals surface area contributed by atoms with Gasteiger partial charge in [0.25, 0.3) is 0 Å². The SMILES string of the molecule is CC(C)CCCC(C)[C@H]1CCC2C3CC=C4C[C@@H](OP(=O)(O)OCCC=C(c5cc(Cl)c(O)c(C(=O)O)c5)c5cc(Cl)c(O)c(C(=O)O)c5)CC[C@]4(C)C3CC[C@@]21C.N. The minimum absolute atomic E-state index is 0. The first-order chi connectivity index (χ1) is 27.3. The zero-order valence-corrected chi connectivity index (χ0v) is 37.3. The molecule has 326 valence electrons. The fourth-order valence-corrected chi connectivity index (χ4v) is 13.0. The van der Waals surface area contributed by atoms with E-state index in [9.17, 15) is 39.5 Å². The third-order valence-corrected chi connectivity index (χ3v) is 16.1. The van der Waals surface area contributed by atoms with Crippen molar-refractivity contribution in [1.29, 1.82) is 0 Å². The fraction of sp³-hybridized carbons (Fsp3) is 0.600. The minimum Gasteiger partial charge on any atom is -0.505 e. The molecule has 0 amide bonds. The van der Waals surface area contributed by atoms with E-state index in [0.717, 1.165) is 48.6 Å². The molecule has 2 aromatic carbocycles. The number of aromatic carboxylic acids is 2. The maximum atomic E-state index is 13.3. The first kappa shape index (κ1) is 47.2. The summed E-state index contributed by atoms with van der Waals surface area (Å²) in [6, 6.07) is 4.90. The Morgan fingerprint density at radius 2 is 1.51 bits per heavy atom. The van der Waals surface area contributed by atoms with Crippen LogP contribution in [0.2, 0.25) is 10.0 Å². The van der Waals surface area contributed by atoms with Gasteiger partial charge in [0.2, 0.25) is 0 Å². The number of halogens is 2. The Bertz CT molecular complexity index is 1950. The molecule has 4 aliphatic carbocycles. The summed E-state index contributed by atoms with van der Waals surface area (Å²) in [4.78, 5) is 34.6. The summed E-state index contributed by atoms with van der Waals surface area (Å²) < 4.78 is 24.6. The van der Waals surface area contributed by atoms with Crippen molar-refractivity contribution in [2.45, 2.75) is 118 Å². The molecule has 3 saturated carbocycles. The number of phosphoric ester groups is 1. The van der Waals surface area contributed by atoms with Crippen LogP contribution in [-0.2, 0) is 13.6 Å². The summed E-state index contributed by atoms with van der Waals surface area (Å²) in [6.45, 7) is 11.9. The number of phosphoric acid groups is 1. The van der Waals surface area contributed by atoms with Gasteiger partial charge in [-0.05, 0) is 145 Å². The number of carboxylic acid groups (broad SMARTS) is 2. The van der Waals surface area contributed by atoms with Gasteiger partial charge in [0.15, 0.2) is 0 Å². The van der Waals surface area contributed by atoms with Crippen molar-refractivity contribution in [3.8, 4) is 11.5 Å². The summed E-state index contributed by atoms with van der Waals surface area (Å²) in [7, 11) is -4.51. The van der Waals surface area contributed by atoms with Crippen molar-refractivity contribution in [1.82, 2.24) is 6.15 Å². The largest absolute Gasteiger partial charge is 0.505 e. The zero-order valence-electron chi connectivity index (χ0n) is 34.9. The van der Waals surface area contributed by atoms with Gasteiger partial charge in [-0.25, -0.2) is 14.2 Å². The molecule has 0 saturated heterocycles. The molecule has 5 unspecified atom stereocenters. The fourth-order valence-electron chi connectivity index (χ4n) is 11.6. The van der Waals surface area contributed by atoms with Gasteiger partial charge in [0, 0.05) is 0 Å². The van der Waals surface area contributed by atoms with Crippen LogP contribution in [0, 0.1) is 46.3 Å². The lowest BCUT2D eigenvalue weighted by Crippen LogP contribution is -2.51. The highest BCUT2D eigenvalue weighted by Gasteiger charge is 2.59. The number of phenols is 2. The van der Waals surface area contributed by atoms with Gasteiger partial charge in [-0.2, -0.15) is 0 Å². The van der Waals surface area contributed by atoms with Crippen LogP contribution in [0.5, 0.6) is 11.5 Å². The Labute approximate surface area is 358 Å². The Morgan fingerprint density at radius 3 is 2.08 bits per heavy atom. The molecule has 0 spiro atoms. The second kappa shape index (κ2) is 18.6. The van der Waals surface area contributed by atoms with Gasteiger partial charge >= 0.3 is 19.8 Å². The van der Waals surface area contributed by atoms with E-state index in [0.29, 0.717) is 30.1 Å².